The van der Waals surface area contributed by atoms with Gasteiger partial charge in [-0.05, 0) is 48.5 Å². The SMILES string of the molecule is O=C(Nc1cccc(Cl)c1)c1ccc(N=Nc2c[nH]c3ccccc23)cc1. The second kappa shape index (κ2) is 7.43. The van der Waals surface area contributed by atoms with Gasteiger partial charge in [0.05, 0.1) is 5.69 Å². The van der Waals surface area contributed by atoms with Gasteiger partial charge in [-0.1, -0.05) is 35.9 Å². The summed E-state index contributed by atoms with van der Waals surface area (Å²) in [6, 6.07) is 21.9. The number of rotatable bonds is 4. The quantitative estimate of drug-likeness (QED) is 0.394. The zero-order valence-electron chi connectivity index (χ0n) is 14.2. The first-order chi connectivity index (χ1) is 13.2. The van der Waals surface area contributed by atoms with E-state index in [2.05, 4.69) is 20.5 Å². The number of carbonyl (C=O) groups excluding carboxylic acids is 1. The number of azo groups is 1. The number of H-pyrrole nitrogens is 1. The molecule has 4 rings (SSSR count). The summed E-state index contributed by atoms with van der Waals surface area (Å²) in [5, 5.41) is 12.9. The lowest BCUT2D eigenvalue weighted by molar-refractivity contribution is 0.102. The van der Waals surface area contributed by atoms with Crippen LogP contribution in [-0.2, 0) is 0 Å². The third-order valence-corrected chi connectivity index (χ3v) is 4.29. The average Bonchev–Trinajstić information content (AvgIpc) is 3.10. The minimum atomic E-state index is -0.211. The molecule has 0 radical (unpaired) electrons. The summed E-state index contributed by atoms with van der Waals surface area (Å²) in [6.07, 6.45) is 1.82. The third kappa shape index (κ3) is 3.88. The van der Waals surface area contributed by atoms with Gasteiger partial charge in [-0.15, -0.1) is 5.11 Å². The Morgan fingerprint density at radius 2 is 1.74 bits per heavy atom. The van der Waals surface area contributed by atoms with Crippen LogP contribution in [0.1, 0.15) is 10.4 Å². The predicted molar refractivity (Wildman–Crippen MR) is 108 cm³/mol. The van der Waals surface area contributed by atoms with Crippen LogP contribution in [0.15, 0.2) is 89.2 Å². The molecule has 0 spiro atoms. The van der Waals surface area contributed by atoms with E-state index in [0.29, 0.717) is 22.0 Å². The molecule has 3 aromatic carbocycles. The van der Waals surface area contributed by atoms with E-state index in [1.807, 2.05) is 30.5 Å². The second-order valence-electron chi connectivity index (χ2n) is 5.93. The minimum Gasteiger partial charge on any atom is -0.359 e. The fourth-order valence-electron chi connectivity index (χ4n) is 2.70. The van der Waals surface area contributed by atoms with Gasteiger partial charge in [0.25, 0.3) is 5.91 Å². The Bertz CT molecular complexity index is 1130. The van der Waals surface area contributed by atoms with Gasteiger partial charge in [-0.2, -0.15) is 5.11 Å². The maximum absolute atomic E-state index is 12.3. The van der Waals surface area contributed by atoms with Crippen LogP contribution in [0.25, 0.3) is 10.9 Å². The number of benzene rings is 3. The number of hydrogen-bond donors (Lipinski definition) is 2. The van der Waals surface area contributed by atoms with E-state index in [-0.39, 0.29) is 5.91 Å². The lowest BCUT2D eigenvalue weighted by Crippen LogP contribution is -2.11. The van der Waals surface area contributed by atoms with Gasteiger partial charge in [0.15, 0.2) is 0 Å². The molecule has 0 aliphatic rings. The van der Waals surface area contributed by atoms with Gasteiger partial charge in [0.2, 0.25) is 0 Å². The van der Waals surface area contributed by atoms with Crippen LogP contribution in [0.3, 0.4) is 0 Å². The number of carbonyl (C=O) groups is 1. The van der Waals surface area contributed by atoms with Crippen molar-refractivity contribution in [1.82, 2.24) is 4.98 Å². The average molecular weight is 375 g/mol. The molecule has 0 saturated carbocycles. The molecule has 132 valence electrons. The van der Waals surface area contributed by atoms with Crippen LogP contribution >= 0.6 is 11.6 Å². The minimum absolute atomic E-state index is 0.211. The van der Waals surface area contributed by atoms with Gasteiger partial charge in [0.1, 0.15) is 5.69 Å². The number of aromatic amines is 1. The van der Waals surface area contributed by atoms with Crippen molar-refractivity contribution in [3.8, 4) is 0 Å². The van der Waals surface area contributed by atoms with Crippen LogP contribution in [0.4, 0.5) is 17.1 Å². The van der Waals surface area contributed by atoms with Crippen LogP contribution in [0.5, 0.6) is 0 Å². The smallest absolute Gasteiger partial charge is 0.255 e. The number of anilines is 1. The molecule has 1 heterocycles. The van der Waals surface area contributed by atoms with Crippen molar-refractivity contribution in [3.63, 3.8) is 0 Å². The number of aromatic nitrogens is 1. The molecule has 2 N–H and O–H groups in total. The van der Waals surface area contributed by atoms with E-state index in [1.165, 1.54) is 0 Å². The molecular formula is C21H15ClN4O. The largest absolute Gasteiger partial charge is 0.359 e. The van der Waals surface area contributed by atoms with E-state index in [0.717, 1.165) is 16.6 Å². The van der Waals surface area contributed by atoms with Crippen LogP contribution in [0.2, 0.25) is 5.02 Å². The van der Waals surface area contributed by atoms with Crippen molar-refractivity contribution in [2.75, 3.05) is 5.32 Å². The van der Waals surface area contributed by atoms with E-state index in [1.54, 1.807) is 48.5 Å². The van der Waals surface area contributed by atoms with Crippen molar-refractivity contribution < 1.29 is 4.79 Å². The number of hydrogen-bond acceptors (Lipinski definition) is 3. The highest BCUT2D eigenvalue weighted by molar-refractivity contribution is 6.31. The molecule has 0 atom stereocenters. The van der Waals surface area contributed by atoms with Crippen LogP contribution in [-0.4, -0.2) is 10.9 Å². The zero-order valence-corrected chi connectivity index (χ0v) is 14.9. The highest BCUT2D eigenvalue weighted by Gasteiger charge is 2.06. The van der Waals surface area contributed by atoms with Crippen molar-refractivity contribution in [2.24, 2.45) is 10.2 Å². The number of halogens is 1. The number of nitrogens with zero attached hydrogens (tertiary/aromatic N) is 2. The fourth-order valence-corrected chi connectivity index (χ4v) is 2.89. The zero-order chi connectivity index (χ0) is 18.6. The summed E-state index contributed by atoms with van der Waals surface area (Å²) in [6.45, 7) is 0. The molecule has 1 amide bonds. The Morgan fingerprint density at radius 3 is 2.56 bits per heavy atom. The predicted octanol–water partition coefficient (Wildman–Crippen LogP) is 6.49. The Labute approximate surface area is 160 Å². The van der Waals surface area contributed by atoms with Gasteiger partial charge in [-0.25, -0.2) is 0 Å². The summed E-state index contributed by atoms with van der Waals surface area (Å²) in [7, 11) is 0. The number of nitrogens with one attached hydrogen (secondary N) is 2. The van der Waals surface area contributed by atoms with Gasteiger partial charge < -0.3 is 10.3 Å². The molecule has 5 nitrogen and oxygen atoms in total. The number of para-hydroxylation sites is 1. The third-order valence-electron chi connectivity index (χ3n) is 4.05. The Hall–Kier alpha value is -3.44. The standard InChI is InChI=1S/C21H15ClN4O/c22-15-4-3-5-17(12-15)24-21(27)14-8-10-16(11-9-14)25-26-20-13-23-19-7-2-1-6-18(19)20/h1-13,23H,(H,24,27). The lowest BCUT2D eigenvalue weighted by atomic mass is 10.2. The normalized spacial score (nSPS) is 11.1. The summed E-state index contributed by atoms with van der Waals surface area (Å²) in [4.78, 5) is 15.5. The summed E-state index contributed by atoms with van der Waals surface area (Å²) < 4.78 is 0. The molecule has 0 aliphatic carbocycles. The topological polar surface area (TPSA) is 69.6 Å². The summed E-state index contributed by atoms with van der Waals surface area (Å²) in [5.74, 6) is -0.211. The molecule has 0 fully saturated rings. The van der Waals surface area contributed by atoms with Gasteiger partial charge in [0, 0.05) is 33.4 Å². The van der Waals surface area contributed by atoms with E-state index >= 15 is 0 Å². The van der Waals surface area contributed by atoms with Gasteiger partial charge >= 0.3 is 0 Å². The second-order valence-corrected chi connectivity index (χ2v) is 6.37. The fraction of sp³-hybridized carbons (Fsp3) is 0. The highest BCUT2D eigenvalue weighted by atomic mass is 35.5. The summed E-state index contributed by atoms with van der Waals surface area (Å²) in [5.41, 5.74) is 3.63. The highest BCUT2D eigenvalue weighted by Crippen LogP contribution is 2.27. The van der Waals surface area contributed by atoms with Crippen molar-refractivity contribution in [3.05, 3.63) is 89.6 Å². The Balaban J connectivity index is 1.48. The maximum Gasteiger partial charge on any atom is 0.255 e. The molecule has 4 aromatic rings. The molecule has 0 unspecified atom stereocenters. The molecule has 0 bridgehead atoms. The van der Waals surface area contributed by atoms with Crippen molar-refractivity contribution in [1.29, 1.82) is 0 Å². The molecule has 27 heavy (non-hydrogen) atoms. The van der Waals surface area contributed by atoms with Crippen LogP contribution < -0.4 is 5.32 Å². The lowest BCUT2D eigenvalue weighted by Gasteiger charge is -2.05. The maximum atomic E-state index is 12.3. The summed E-state index contributed by atoms with van der Waals surface area (Å²) >= 11 is 5.93. The number of fused-ring (bicyclic) bond motifs is 1. The van der Waals surface area contributed by atoms with E-state index < -0.39 is 0 Å². The van der Waals surface area contributed by atoms with Gasteiger partial charge in [-0.3, -0.25) is 4.79 Å². The van der Waals surface area contributed by atoms with Crippen molar-refractivity contribution in [2.45, 2.75) is 0 Å². The molecule has 1 aromatic heterocycles. The van der Waals surface area contributed by atoms with E-state index in [9.17, 15) is 4.79 Å². The Kier molecular flexibility index (Phi) is 4.68. The number of amides is 1. The molecule has 6 heteroatoms. The first-order valence-electron chi connectivity index (χ1n) is 8.34. The first kappa shape index (κ1) is 17.0. The molecule has 0 saturated heterocycles. The van der Waals surface area contributed by atoms with Crippen LogP contribution in [0, 0.1) is 0 Å². The molecular weight excluding hydrogens is 360 g/mol. The van der Waals surface area contributed by atoms with Crippen molar-refractivity contribution >= 4 is 45.5 Å². The molecule has 0 aliphatic heterocycles. The first-order valence-corrected chi connectivity index (χ1v) is 8.72. The monoisotopic (exact) mass is 374 g/mol. The Morgan fingerprint density at radius 1 is 0.926 bits per heavy atom. The van der Waals surface area contributed by atoms with E-state index in [4.69, 9.17) is 11.6 Å².